The molecule has 0 spiro atoms. The molecule has 1 heterocycles. The molecule has 8 nitrogen and oxygen atoms in total. The molecule has 0 aliphatic heterocycles. The van der Waals surface area contributed by atoms with E-state index in [9.17, 15) is 14.9 Å². The maximum atomic E-state index is 12.6. The van der Waals surface area contributed by atoms with E-state index < -0.39 is 4.92 Å². The predicted molar refractivity (Wildman–Crippen MR) is 112 cm³/mol. The number of hydrogen-bond acceptors (Lipinski definition) is 5. The minimum Gasteiger partial charge on any atom is -0.348 e. The van der Waals surface area contributed by atoms with E-state index in [1.165, 1.54) is 18.8 Å². The lowest BCUT2D eigenvalue weighted by atomic mass is 9.84. The van der Waals surface area contributed by atoms with Crippen LogP contribution in [0.5, 0.6) is 0 Å². The number of imidazole rings is 1. The Bertz CT molecular complexity index is 780. The number of aromatic nitrogens is 2. The first-order valence-corrected chi connectivity index (χ1v) is 8.88. The van der Waals surface area contributed by atoms with Crippen LogP contribution in [0.25, 0.3) is 5.69 Å². The molecule has 1 fully saturated rings. The number of nitrogens with zero attached hydrogens (tertiary/aromatic N) is 3. The largest absolute Gasteiger partial charge is 0.348 e. The number of halogens is 2. The summed E-state index contributed by atoms with van der Waals surface area (Å²) in [6.45, 7) is 0.367. The van der Waals surface area contributed by atoms with Gasteiger partial charge in [-0.2, -0.15) is 0 Å². The second-order valence-corrected chi connectivity index (χ2v) is 6.64. The highest BCUT2D eigenvalue weighted by Gasteiger charge is 2.25. The van der Waals surface area contributed by atoms with Gasteiger partial charge in [0.2, 0.25) is 0 Å². The third kappa shape index (κ3) is 5.43. The zero-order chi connectivity index (χ0) is 18.5. The van der Waals surface area contributed by atoms with E-state index in [4.69, 9.17) is 5.73 Å². The van der Waals surface area contributed by atoms with Gasteiger partial charge < -0.3 is 15.6 Å². The van der Waals surface area contributed by atoms with Crippen LogP contribution in [-0.2, 0) is 0 Å². The van der Waals surface area contributed by atoms with E-state index in [0.29, 0.717) is 18.2 Å². The molecule has 0 saturated heterocycles. The van der Waals surface area contributed by atoms with Crippen LogP contribution < -0.4 is 11.1 Å². The molecule has 1 unspecified atom stereocenters. The molecule has 0 radical (unpaired) electrons. The Morgan fingerprint density at radius 3 is 2.61 bits per heavy atom. The van der Waals surface area contributed by atoms with E-state index in [-0.39, 0.29) is 48.0 Å². The Kier molecular flexibility index (Phi) is 9.37. The van der Waals surface area contributed by atoms with Gasteiger partial charge in [-0.05, 0) is 30.9 Å². The second-order valence-electron chi connectivity index (χ2n) is 6.64. The number of rotatable bonds is 6. The number of carbonyl (C=O) groups is 1. The van der Waals surface area contributed by atoms with Crippen LogP contribution in [0.2, 0.25) is 0 Å². The highest BCUT2D eigenvalue weighted by atomic mass is 35.5. The van der Waals surface area contributed by atoms with Gasteiger partial charge in [-0.3, -0.25) is 14.9 Å². The summed E-state index contributed by atoms with van der Waals surface area (Å²) >= 11 is 0. The number of nitro groups is 1. The third-order valence-electron chi connectivity index (χ3n) is 5.01. The summed E-state index contributed by atoms with van der Waals surface area (Å²) < 4.78 is 1.55. The van der Waals surface area contributed by atoms with Gasteiger partial charge in [-0.1, -0.05) is 19.3 Å². The maximum Gasteiger partial charge on any atom is 0.294 e. The lowest BCUT2D eigenvalue weighted by molar-refractivity contribution is -0.384. The van der Waals surface area contributed by atoms with Gasteiger partial charge in [0.1, 0.15) is 5.69 Å². The van der Waals surface area contributed by atoms with Gasteiger partial charge in [-0.15, -0.1) is 24.8 Å². The van der Waals surface area contributed by atoms with Crippen LogP contribution in [0.1, 0.15) is 42.5 Å². The average Bonchev–Trinajstić information content (AvgIpc) is 3.20. The van der Waals surface area contributed by atoms with Crippen molar-refractivity contribution in [2.45, 2.75) is 38.1 Å². The predicted octanol–water partition coefficient (Wildman–Crippen LogP) is 3.26. The van der Waals surface area contributed by atoms with Crippen LogP contribution in [-0.4, -0.2) is 33.0 Å². The van der Waals surface area contributed by atoms with Crippen LogP contribution in [0, 0.1) is 16.0 Å². The Labute approximate surface area is 175 Å². The molecular weight excluding hydrogens is 405 g/mol. The summed E-state index contributed by atoms with van der Waals surface area (Å²) in [6, 6.07) is 4.35. The minimum absolute atomic E-state index is 0. The van der Waals surface area contributed by atoms with Gasteiger partial charge in [0, 0.05) is 36.6 Å². The van der Waals surface area contributed by atoms with Crippen molar-refractivity contribution >= 4 is 36.4 Å². The van der Waals surface area contributed by atoms with Crippen LogP contribution in [0.15, 0.2) is 36.9 Å². The average molecular weight is 430 g/mol. The van der Waals surface area contributed by atoms with Crippen LogP contribution in [0.3, 0.4) is 0 Å². The third-order valence-corrected chi connectivity index (χ3v) is 5.01. The molecule has 1 saturated carbocycles. The number of nitrogens with two attached hydrogens (primary N) is 1. The standard InChI is InChI=1S/C18H23N5O3.2ClH/c19-11-15(13-4-2-1-3-5-13)21-18(24)14-6-7-16(17(10-14)23(25)26)22-9-8-20-12-22;;/h6-10,12-13,15H,1-5,11,19H2,(H,21,24);2*1H. The zero-order valence-electron chi connectivity index (χ0n) is 15.3. The molecule has 28 heavy (non-hydrogen) atoms. The molecule has 1 aliphatic carbocycles. The summed E-state index contributed by atoms with van der Waals surface area (Å²) in [5.41, 5.74) is 6.35. The van der Waals surface area contributed by atoms with Gasteiger partial charge in [0.15, 0.2) is 0 Å². The number of nitrogens with one attached hydrogen (secondary N) is 1. The number of nitro benzene ring substituents is 1. The van der Waals surface area contributed by atoms with E-state index in [0.717, 1.165) is 25.7 Å². The van der Waals surface area contributed by atoms with Crippen molar-refractivity contribution in [1.29, 1.82) is 0 Å². The number of carbonyl (C=O) groups excluding carboxylic acids is 1. The quantitative estimate of drug-likeness (QED) is 0.539. The van der Waals surface area contributed by atoms with Gasteiger partial charge >= 0.3 is 0 Å². The summed E-state index contributed by atoms with van der Waals surface area (Å²) in [7, 11) is 0. The molecule has 1 amide bonds. The van der Waals surface area contributed by atoms with Gasteiger partial charge in [0.25, 0.3) is 11.6 Å². The summed E-state index contributed by atoms with van der Waals surface area (Å²) in [5.74, 6) is 0.0456. The molecule has 1 aromatic heterocycles. The zero-order valence-corrected chi connectivity index (χ0v) is 17.0. The summed E-state index contributed by atoms with van der Waals surface area (Å²) in [5, 5.41) is 14.4. The Morgan fingerprint density at radius 2 is 2.04 bits per heavy atom. The molecular formula is C18H25Cl2N5O3. The first-order valence-electron chi connectivity index (χ1n) is 8.88. The van der Waals surface area contributed by atoms with E-state index in [1.54, 1.807) is 29.1 Å². The van der Waals surface area contributed by atoms with Gasteiger partial charge in [-0.25, -0.2) is 4.98 Å². The molecule has 1 aliphatic rings. The molecule has 10 heteroatoms. The monoisotopic (exact) mass is 429 g/mol. The summed E-state index contributed by atoms with van der Waals surface area (Å²) in [6.07, 6.45) is 10.3. The highest BCUT2D eigenvalue weighted by Crippen LogP contribution is 2.27. The van der Waals surface area contributed by atoms with Crippen molar-refractivity contribution in [3.63, 3.8) is 0 Å². The topological polar surface area (TPSA) is 116 Å². The van der Waals surface area contributed by atoms with E-state index >= 15 is 0 Å². The van der Waals surface area contributed by atoms with E-state index in [1.807, 2.05) is 0 Å². The Hall–Kier alpha value is -2.16. The minimum atomic E-state index is -0.492. The molecule has 3 rings (SSSR count). The first kappa shape index (κ1) is 23.9. The lowest BCUT2D eigenvalue weighted by Crippen LogP contribution is -2.45. The van der Waals surface area contributed by atoms with Crippen molar-refractivity contribution in [3.8, 4) is 5.69 Å². The Morgan fingerprint density at radius 1 is 1.32 bits per heavy atom. The number of hydrogen-bond donors (Lipinski definition) is 2. The summed E-state index contributed by atoms with van der Waals surface area (Å²) in [4.78, 5) is 27.5. The fraction of sp³-hybridized carbons (Fsp3) is 0.444. The number of amides is 1. The Balaban J connectivity index is 0.00000196. The first-order chi connectivity index (χ1) is 12.6. The molecule has 154 valence electrons. The van der Waals surface area contributed by atoms with Crippen molar-refractivity contribution in [2.24, 2.45) is 11.7 Å². The molecule has 3 N–H and O–H groups in total. The normalized spacial score (nSPS) is 15.0. The van der Waals surface area contributed by atoms with Crippen LogP contribution >= 0.6 is 24.8 Å². The lowest BCUT2D eigenvalue weighted by Gasteiger charge is -2.30. The number of benzene rings is 1. The van der Waals surface area contributed by atoms with Crippen molar-refractivity contribution < 1.29 is 9.72 Å². The highest BCUT2D eigenvalue weighted by molar-refractivity contribution is 5.95. The molecule has 1 atom stereocenters. The van der Waals surface area contributed by atoms with Crippen molar-refractivity contribution in [2.75, 3.05) is 6.54 Å². The molecule has 2 aromatic rings. The van der Waals surface area contributed by atoms with Crippen molar-refractivity contribution in [3.05, 3.63) is 52.6 Å². The SMILES string of the molecule is Cl.Cl.NCC(NC(=O)c1ccc(-n2ccnc2)c([N+](=O)[O-])c1)C1CCCCC1. The fourth-order valence-corrected chi connectivity index (χ4v) is 3.59. The second kappa shape index (κ2) is 11.0. The fourth-order valence-electron chi connectivity index (χ4n) is 3.59. The van der Waals surface area contributed by atoms with E-state index in [2.05, 4.69) is 10.3 Å². The maximum absolute atomic E-state index is 12.6. The molecule has 1 aromatic carbocycles. The van der Waals surface area contributed by atoms with Gasteiger partial charge in [0.05, 0.1) is 11.3 Å². The molecule has 0 bridgehead atoms. The smallest absolute Gasteiger partial charge is 0.294 e. The van der Waals surface area contributed by atoms with Crippen LogP contribution in [0.4, 0.5) is 5.69 Å². The van der Waals surface area contributed by atoms with Crippen molar-refractivity contribution in [1.82, 2.24) is 14.9 Å².